The van der Waals surface area contributed by atoms with Gasteiger partial charge in [0.05, 0.1) is 6.54 Å². The normalized spacial score (nSPS) is 10.8. The van der Waals surface area contributed by atoms with Crippen LogP contribution in [0.3, 0.4) is 0 Å². The van der Waals surface area contributed by atoms with E-state index in [-0.39, 0.29) is 29.1 Å². The summed E-state index contributed by atoms with van der Waals surface area (Å²) in [5.74, 6) is -0.426. The summed E-state index contributed by atoms with van der Waals surface area (Å²) in [6, 6.07) is 10.6. The summed E-state index contributed by atoms with van der Waals surface area (Å²) < 4.78 is 20.5. The molecule has 0 bridgehead atoms. The molecule has 1 aromatic heterocycles. The molecule has 6 nitrogen and oxygen atoms in total. The van der Waals surface area contributed by atoms with Gasteiger partial charge in [-0.05, 0) is 29.7 Å². The fraction of sp³-hybridized carbons (Fsp3) is 0.0667. The zero-order valence-corrected chi connectivity index (χ0v) is 13.0. The Morgan fingerprint density at radius 2 is 2.04 bits per heavy atom. The molecule has 2 aromatic carbocycles. The molecule has 0 fully saturated rings. The number of hydrogen-bond acceptors (Lipinski definition) is 5. The molecular weight excluding hydrogens is 335 g/mol. The molecule has 0 aliphatic rings. The van der Waals surface area contributed by atoms with Crippen molar-refractivity contribution in [3.05, 3.63) is 64.6 Å². The largest absolute Gasteiger partial charge is 0.488 e. The molecule has 1 heterocycles. The minimum Gasteiger partial charge on any atom is -0.423 e. The molecule has 0 aliphatic carbocycles. The van der Waals surface area contributed by atoms with Gasteiger partial charge in [0.2, 0.25) is 5.89 Å². The highest BCUT2D eigenvalue weighted by Crippen LogP contribution is 2.20. The minimum absolute atomic E-state index is 0.0312. The summed E-state index contributed by atoms with van der Waals surface area (Å²) in [6.45, 7) is -0.0312. The van der Waals surface area contributed by atoms with Crippen molar-refractivity contribution in [1.82, 2.24) is 9.78 Å². The molecule has 0 amide bonds. The van der Waals surface area contributed by atoms with Gasteiger partial charge in [-0.3, -0.25) is 0 Å². The van der Waals surface area contributed by atoms with E-state index in [9.17, 15) is 4.39 Å². The highest BCUT2D eigenvalue weighted by Gasteiger charge is 2.15. The predicted molar refractivity (Wildman–Crippen MR) is 86.1 cm³/mol. The Morgan fingerprint density at radius 3 is 2.71 bits per heavy atom. The van der Waals surface area contributed by atoms with Crippen LogP contribution in [0.25, 0.3) is 11.5 Å². The molecule has 3 rings (SSSR count). The van der Waals surface area contributed by atoms with E-state index in [1.807, 2.05) is 0 Å². The zero-order valence-electron chi connectivity index (χ0n) is 12.3. The van der Waals surface area contributed by atoms with Crippen LogP contribution in [-0.4, -0.2) is 26.9 Å². The van der Waals surface area contributed by atoms with E-state index in [1.54, 1.807) is 24.3 Å². The van der Waals surface area contributed by atoms with Crippen molar-refractivity contribution >= 4 is 24.2 Å². The van der Waals surface area contributed by atoms with Crippen molar-refractivity contribution in [2.24, 2.45) is 0 Å². The molecule has 0 radical (unpaired) electrons. The van der Waals surface area contributed by atoms with Crippen molar-refractivity contribution in [2.45, 2.75) is 6.54 Å². The first kappa shape index (κ1) is 16.4. The van der Waals surface area contributed by atoms with Crippen LogP contribution < -0.4 is 11.1 Å². The van der Waals surface area contributed by atoms with Crippen LogP contribution in [0.15, 0.2) is 46.9 Å². The second-order valence-corrected chi connectivity index (χ2v) is 5.54. The first-order valence-corrected chi connectivity index (χ1v) is 7.35. The highest BCUT2D eigenvalue weighted by atomic mass is 35.5. The van der Waals surface area contributed by atoms with Crippen LogP contribution in [0.5, 0.6) is 0 Å². The SMILES string of the molecule is N=c1oc(-c2cccc(Cl)c2)nn1Cc1ccc(B(O)O)cc1F. The summed E-state index contributed by atoms with van der Waals surface area (Å²) >= 11 is 5.92. The van der Waals surface area contributed by atoms with Crippen molar-refractivity contribution in [3.63, 3.8) is 0 Å². The van der Waals surface area contributed by atoms with Gasteiger partial charge in [-0.15, -0.1) is 5.10 Å². The van der Waals surface area contributed by atoms with E-state index < -0.39 is 12.9 Å². The molecule has 0 saturated heterocycles. The number of benzene rings is 2. The van der Waals surface area contributed by atoms with Gasteiger partial charge in [0.25, 0.3) is 0 Å². The first-order chi connectivity index (χ1) is 11.4. The van der Waals surface area contributed by atoms with E-state index in [1.165, 1.54) is 16.8 Å². The quantitative estimate of drug-likeness (QED) is 0.617. The third-order valence-electron chi connectivity index (χ3n) is 3.41. The highest BCUT2D eigenvalue weighted by molar-refractivity contribution is 6.58. The number of aromatic nitrogens is 2. The Kier molecular flexibility index (Phi) is 4.52. The second kappa shape index (κ2) is 6.60. The lowest BCUT2D eigenvalue weighted by atomic mass is 9.80. The van der Waals surface area contributed by atoms with E-state index in [0.29, 0.717) is 10.6 Å². The number of halogens is 2. The van der Waals surface area contributed by atoms with Gasteiger partial charge in [-0.1, -0.05) is 29.8 Å². The molecule has 3 N–H and O–H groups in total. The molecular formula is C15H12BClFN3O3. The van der Waals surface area contributed by atoms with Crippen LogP contribution >= 0.6 is 11.6 Å². The minimum atomic E-state index is -1.74. The van der Waals surface area contributed by atoms with Gasteiger partial charge in [0, 0.05) is 16.1 Å². The maximum atomic E-state index is 14.0. The van der Waals surface area contributed by atoms with Crippen LogP contribution in [0.4, 0.5) is 4.39 Å². The molecule has 24 heavy (non-hydrogen) atoms. The van der Waals surface area contributed by atoms with Crippen molar-refractivity contribution < 1.29 is 18.9 Å². The molecule has 122 valence electrons. The molecule has 0 unspecified atom stereocenters. The van der Waals surface area contributed by atoms with Crippen molar-refractivity contribution in [1.29, 1.82) is 5.41 Å². The lowest BCUT2D eigenvalue weighted by molar-refractivity contribution is 0.425. The lowest BCUT2D eigenvalue weighted by Crippen LogP contribution is -2.30. The predicted octanol–water partition coefficient (Wildman–Crippen LogP) is 1.14. The lowest BCUT2D eigenvalue weighted by Gasteiger charge is -2.05. The Bertz CT molecular complexity index is 942. The number of rotatable bonds is 4. The van der Waals surface area contributed by atoms with Gasteiger partial charge in [0.1, 0.15) is 5.82 Å². The van der Waals surface area contributed by atoms with E-state index in [0.717, 1.165) is 6.07 Å². The third kappa shape index (κ3) is 3.40. The summed E-state index contributed by atoms with van der Waals surface area (Å²) in [7, 11) is -1.74. The average molecular weight is 348 g/mol. The van der Waals surface area contributed by atoms with E-state index in [4.69, 9.17) is 31.5 Å². The molecule has 0 atom stereocenters. The maximum Gasteiger partial charge on any atom is 0.488 e. The summed E-state index contributed by atoms with van der Waals surface area (Å²) in [5.41, 5.74) is 0.653. The van der Waals surface area contributed by atoms with Crippen LogP contribution in [0.2, 0.25) is 5.02 Å². The van der Waals surface area contributed by atoms with Gasteiger partial charge >= 0.3 is 12.8 Å². The Hall–Kier alpha value is -2.42. The fourth-order valence-electron chi connectivity index (χ4n) is 2.18. The molecule has 0 aliphatic heterocycles. The van der Waals surface area contributed by atoms with Gasteiger partial charge in [-0.25, -0.2) is 14.5 Å². The number of nitrogens with zero attached hydrogens (tertiary/aromatic N) is 2. The summed E-state index contributed by atoms with van der Waals surface area (Å²) in [6.07, 6.45) is 0. The Labute approximate surface area is 141 Å². The average Bonchev–Trinajstić information content (AvgIpc) is 2.90. The standard InChI is InChI=1S/C15H12BClFN3O3/c17-12-3-1-2-9(6-12)14-20-21(15(19)24-14)8-10-4-5-11(16(22)23)7-13(10)18/h1-7,19,22-23H,8H2. The summed E-state index contributed by atoms with van der Waals surface area (Å²) in [5, 5.41) is 30.6. The first-order valence-electron chi connectivity index (χ1n) is 6.97. The second-order valence-electron chi connectivity index (χ2n) is 5.10. The Balaban J connectivity index is 1.90. The van der Waals surface area contributed by atoms with Gasteiger partial charge < -0.3 is 14.5 Å². The Morgan fingerprint density at radius 1 is 1.25 bits per heavy atom. The molecule has 3 aromatic rings. The van der Waals surface area contributed by atoms with Gasteiger partial charge in [0.15, 0.2) is 0 Å². The number of nitrogens with one attached hydrogen (secondary N) is 1. The van der Waals surface area contributed by atoms with E-state index in [2.05, 4.69) is 5.10 Å². The molecule has 0 spiro atoms. The smallest absolute Gasteiger partial charge is 0.423 e. The zero-order chi connectivity index (χ0) is 17.3. The summed E-state index contributed by atoms with van der Waals surface area (Å²) in [4.78, 5) is 0. The van der Waals surface area contributed by atoms with Crippen molar-refractivity contribution in [3.8, 4) is 11.5 Å². The monoisotopic (exact) mass is 347 g/mol. The van der Waals surface area contributed by atoms with Gasteiger partial charge in [-0.2, -0.15) is 0 Å². The third-order valence-corrected chi connectivity index (χ3v) is 3.64. The fourth-order valence-corrected chi connectivity index (χ4v) is 2.37. The van der Waals surface area contributed by atoms with Crippen LogP contribution in [-0.2, 0) is 6.54 Å². The van der Waals surface area contributed by atoms with Crippen LogP contribution in [0.1, 0.15) is 5.56 Å². The van der Waals surface area contributed by atoms with Crippen molar-refractivity contribution in [2.75, 3.05) is 0 Å². The topological polar surface area (TPSA) is 95.3 Å². The number of hydrogen-bond donors (Lipinski definition) is 3. The van der Waals surface area contributed by atoms with E-state index >= 15 is 0 Å². The molecule has 9 heteroatoms. The van der Waals surface area contributed by atoms with Crippen LogP contribution in [0, 0.1) is 11.2 Å². The molecule has 0 saturated carbocycles. The maximum absolute atomic E-state index is 14.0.